The fourth-order valence-corrected chi connectivity index (χ4v) is 22.9. The predicted molar refractivity (Wildman–Crippen MR) is 530 cm³/mol. The van der Waals surface area contributed by atoms with E-state index < -0.39 is 0 Å². The lowest BCUT2D eigenvalue weighted by molar-refractivity contribution is 0.668. The van der Waals surface area contributed by atoms with Crippen molar-refractivity contribution in [3.05, 3.63) is 352 Å². The molecular formula is C115H58N8O5S. The van der Waals surface area contributed by atoms with Gasteiger partial charge in [0.25, 0.3) is 0 Å². The average molecular weight is 1660 g/mol. The van der Waals surface area contributed by atoms with Crippen LogP contribution in [0.15, 0.2) is 374 Å². The average Bonchev–Trinajstić information content (AvgIpc) is 1.53. The third kappa shape index (κ3) is 9.26. The Morgan fingerprint density at radius 2 is 0.605 bits per heavy atom. The van der Waals surface area contributed by atoms with Gasteiger partial charge in [0, 0.05) is 123 Å². The number of hydrogen-bond donors (Lipinski definition) is 0. The maximum absolute atomic E-state index is 6.69. The molecule has 13 nitrogen and oxygen atoms in total. The monoisotopic (exact) mass is 1660 g/mol. The molecule has 15 aromatic heterocycles. The van der Waals surface area contributed by atoms with Crippen molar-refractivity contribution in [2.24, 2.45) is 0 Å². The Morgan fingerprint density at radius 1 is 0.194 bits per heavy atom. The van der Waals surface area contributed by atoms with Crippen LogP contribution in [0.1, 0.15) is 0 Å². The molecule has 0 unspecified atom stereocenters. The molecule has 0 atom stereocenters. The number of pyridine rings is 1. The first-order valence-corrected chi connectivity index (χ1v) is 44.2. The molecule has 0 aliphatic heterocycles. The van der Waals surface area contributed by atoms with Gasteiger partial charge in [-0.2, -0.15) is 0 Å². The quantitative estimate of drug-likeness (QED) is 0.168. The Morgan fingerprint density at radius 3 is 1.27 bits per heavy atom. The Bertz CT molecular complexity index is 10800. The summed E-state index contributed by atoms with van der Waals surface area (Å²) >= 11 is 1.85. The Balaban J connectivity index is 0.0000000919. The second-order valence-corrected chi connectivity index (χ2v) is 35.4. The number of para-hydroxylation sites is 10. The molecule has 0 spiro atoms. The van der Waals surface area contributed by atoms with E-state index in [1.807, 2.05) is 102 Å². The SMILES string of the molecule is c1ccc2nc3c(cc2c1)c1c2oc4ccccc4c2cc2c4cc(-c5ccc6c(c5)oc5ccccc56)ccc4n3c21.c1ccc2nc3c(nc2c1)c1c2oc4ccccc4c2cc2c4cc(-c5ccc6oc7ccccc7c6c5)ccc4n3c21.c1ccc2nc3c(nc2c1)c1cc2oc4cc(-c5ccc6c(c5)sc5ccccc56)ccc4c2c2c4ccccc4n3c12. The van der Waals surface area contributed by atoms with Crippen LogP contribution in [0.3, 0.4) is 0 Å². The summed E-state index contributed by atoms with van der Waals surface area (Å²) in [4.78, 5) is 25.8. The van der Waals surface area contributed by atoms with Gasteiger partial charge in [0.05, 0.1) is 71.5 Å². The van der Waals surface area contributed by atoms with Crippen LogP contribution < -0.4 is 0 Å². The maximum Gasteiger partial charge on any atom is 0.165 e. The summed E-state index contributed by atoms with van der Waals surface area (Å²) in [5.41, 5.74) is 31.7. The predicted octanol–water partition coefficient (Wildman–Crippen LogP) is 31.8. The molecular weight excluding hydrogens is 1610 g/mol. The van der Waals surface area contributed by atoms with Crippen LogP contribution in [0, 0.1) is 0 Å². The molecule has 0 N–H and O–H groups in total. The smallest absolute Gasteiger partial charge is 0.165 e. The zero-order valence-electron chi connectivity index (χ0n) is 68.0. The van der Waals surface area contributed by atoms with E-state index in [-0.39, 0.29) is 0 Å². The molecule has 0 amide bonds. The van der Waals surface area contributed by atoms with Crippen LogP contribution in [-0.2, 0) is 0 Å². The van der Waals surface area contributed by atoms with E-state index in [9.17, 15) is 0 Å². The van der Waals surface area contributed by atoms with Crippen molar-refractivity contribution in [3.8, 4) is 33.4 Å². The topological polar surface area (TPSA) is 143 Å². The van der Waals surface area contributed by atoms with Gasteiger partial charge in [-0.05, 0) is 191 Å². The van der Waals surface area contributed by atoms with Crippen LogP contribution in [-0.4, -0.2) is 38.1 Å². The Kier molecular flexibility index (Phi) is 13.1. The molecule has 33 rings (SSSR count). The molecule has 0 aliphatic carbocycles. The first-order chi connectivity index (χ1) is 63.9. The first kappa shape index (κ1) is 68.1. The highest BCUT2D eigenvalue weighted by atomic mass is 32.1. The maximum atomic E-state index is 6.69. The van der Waals surface area contributed by atoms with E-state index in [4.69, 9.17) is 47.0 Å². The normalized spacial score (nSPS) is 12.7. The summed E-state index contributed by atoms with van der Waals surface area (Å²) < 4.78 is 41.7. The van der Waals surface area contributed by atoms with Crippen molar-refractivity contribution in [1.29, 1.82) is 0 Å². The standard InChI is InChI=1S/C39H20N2O2.C38H19N3O2.C38H19N3OS/c1-4-10-31-23(7-1)18-30-36-37-28(20-29-25-9-3-6-12-34(25)43-38(29)36)27-17-21(14-16-32(27)41(37)39(30)40-31)22-13-15-26-24-8-2-5-11-33(24)42-35(26)19-22;1-5-11-31-22(7-1)25-18-21(14-16-33(25)42-31)20-13-15-30-24(17-20)26-19-27-23-8-2-6-12-32(23)43-37(27)34-35-38(41(30)36(26)34)40-29-10-4-3-9-28(29)39-35;1-5-11-29-24(8-1)35-34-25-16-14-20(21-13-15-23-22-7-2-6-12-32(22)43-33(23)18-21)17-30(25)42-31(34)19-26-36-38(41(29)37(26)35)40-28-10-4-3-9-27(28)39-36/h1-20H;2*1-19H. The summed E-state index contributed by atoms with van der Waals surface area (Å²) in [6.45, 7) is 0. The molecule has 33 aromatic rings. The van der Waals surface area contributed by atoms with Gasteiger partial charge in [-0.15, -0.1) is 11.3 Å². The van der Waals surface area contributed by atoms with E-state index in [0.29, 0.717) is 0 Å². The van der Waals surface area contributed by atoms with Crippen molar-refractivity contribution < 1.29 is 22.1 Å². The summed E-state index contributed by atoms with van der Waals surface area (Å²) in [7, 11) is 0. The number of benzene rings is 18. The fourth-order valence-electron chi connectivity index (χ4n) is 21.8. The molecule has 0 saturated carbocycles. The lowest BCUT2D eigenvalue weighted by Gasteiger charge is -2.04. The van der Waals surface area contributed by atoms with E-state index in [0.717, 1.165) is 253 Å². The Hall–Kier alpha value is -17.3. The summed E-state index contributed by atoms with van der Waals surface area (Å²) in [6.07, 6.45) is 0. The first-order valence-electron chi connectivity index (χ1n) is 43.4. The molecule has 129 heavy (non-hydrogen) atoms. The van der Waals surface area contributed by atoms with Crippen molar-refractivity contribution in [2.45, 2.75) is 0 Å². The number of furan rings is 5. The highest BCUT2D eigenvalue weighted by Gasteiger charge is 2.30. The van der Waals surface area contributed by atoms with Crippen molar-refractivity contribution in [3.63, 3.8) is 0 Å². The number of rotatable bonds is 3. The van der Waals surface area contributed by atoms with Gasteiger partial charge in [0.15, 0.2) is 11.3 Å². The molecule has 0 aliphatic rings. The zero-order chi connectivity index (χ0) is 83.4. The second-order valence-electron chi connectivity index (χ2n) is 34.3. The van der Waals surface area contributed by atoms with E-state index >= 15 is 0 Å². The molecule has 0 bridgehead atoms. The molecule has 0 saturated heterocycles. The third-order valence-electron chi connectivity index (χ3n) is 27.5. The van der Waals surface area contributed by atoms with Gasteiger partial charge >= 0.3 is 0 Å². The summed E-state index contributed by atoms with van der Waals surface area (Å²) in [5, 5.41) is 26.5. The molecule has 15 heterocycles. The number of nitrogens with zero attached hydrogens (tertiary/aromatic N) is 8. The number of hydrogen-bond acceptors (Lipinski definition) is 11. The van der Waals surface area contributed by atoms with Gasteiger partial charge in [0.1, 0.15) is 72.5 Å². The van der Waals surface area contributed by atoms with Crippen LogP contribution in [0.2, 0.25) is 0 Å². The van der Waals surface area contributed by atoms with Crippen molar-refractivity contribution >= 4 is 289 Å². The lowest BCUT2D eigenvalue weighted by Crippen LogP contribution is -1.89. The molecule has 14 heteroatoms. The highest BCUT2D eigenvalue weighted by Crippen LogP contribution is 2.52. The van der Waals surface area contributed by atoms with Crippen LogP contribution in [0.4, 0.5) is 0 Å². The van der Waals surface area contributed by atoms with Crippen LogP contribution in [0.25, 0.3) is 311 Å². The number of fused-ring (bicyclic) bond motifs is 42. The summed E-state index contributed by atoms with van der Waals surface area (Å²) in [6, 6.07) is 124. The Labute approximate surface area is 729 Å². The second kappa shape index (κ2) is 24.8. The number of aromatic nitrogens is 8. The molecule has 18 aromatic carbocycles. The van der Waals surface area contributed by atoms with Gasteiger partial charge in [-0.1, -0.05) is 194 Å². The van der Waals surface area contributed by atoms with Crippen LogP contribution >= 0.6 is 11.3 Å². The summed E-state index contributed by atoms with van der Waals surface area (Å²) in [5.74, 6) is 0. The van der Waals surface area contributed by atoms with E-state index in [2.05, 4.69) is 274 Å². The minimum atomic E-state index is 0.848. The van der Waals surface area contributed by atoms with Gasteiger partial charge < -0.3 is 22.1 Å². The van der Waals surface area contributed by atoms with E-state index in [1.165, 1.54) is 58.1 Å². The minimum absolute atomic E-state index is 0.848. The molecule has 0 radical (unpaired) electrons. The van der Waals surface area contributed by atoms with Gasteiger partial charge in [-0.25, -0.2) is 24.9 Å². The minimum Gasteiger partial charge on any atom is -0.456 e. The molecule has 0 fully saturated rings. The van der Waals surface area contributed by atoms with Crippen molar-refractivity contribution in [2.75, 3.05) is 0 Å². The fraction of sp³-hybridized carbons (Fsp3) is 0. The zero-order valence-corrected chi connectivity index (χ0v) is 68.8. The van der Waals surface area contributed by atoms with E-state index in [1.54, 1.807) is 0 Å². The van der Waals surface area contributed by atoms with Gasteiger partial charge in [0.2, 0.25) is 0 Å². The van der Waals surface area contributed by atoms with Crippen molar-refractivity contribution in [1.82, 2.24) is 38.1 Å². The number of thiophene rings is 1. The third-order valence-corrected chi connectivity index (χ3v) is 28.6. The lowest BCUT2D eigenvalue weighted by atomic mass is 9.99. The molecule has 594 valence electrons. The highest BCUT2D eigenvalue weighted by molar-refractivity contribution is 7.25. The largest absolute Gasteiger partial charge is 0.456 e. The van der Waals surface area contributed by atoms with Crippen LogP contribution in [0.5, 0.6) is 0 Å². The van der Waals surface area contributed by atoms with Gasteiger partial charge in [-0.3, -0.25) is 13.2 Å².